The van der Waals surface area contributed by atoms with Gasteiger partial charge in [0.2, 0.25) is 0 Å². The summed E-state index contributed by atoms with van der Waals surface area (Å²) in [6.07, 6.45) is 2.03. The first-order valence-electron chi connectivity index (χ1n) is 6.66. The standard InChI is InChI=1S/C13H17BN2O.C2H6/c1-15(2)9-13(14)16-7-6-10-8-11(17-3)4-5-12(10)16;1-2/h4-8,13H,9H2,1-3H3;1-2H3. The summed E-state index contributed by atoms with van der Waals surface area (Å²) in [5, 5.41) is 1.15. The maximum Gasteiger partial charge on any atom is 0.119 e. The van der Waals surface area contributed by atoms with Gasteiger partial charge in [-0.05, 0) is 38.4 Å². The van der Waals surface area contributed by atoms with E-state index in [2.05, 4.69) is 15.5 Å². The van der Waals surface area contributed by atoms with Gasteiger partial charge in [0.25, 0.3) is 0 Å². The van der Waals surface area contributed by atoms with E-state index in [9.17, 15) is 0 Å². The van der Waals surface area contributed by atoms with Gasteiger partial charge in [-0.25, -0.2) is 0 Å². The number of hydrogen-bond acceptors (Lipinski definition) is 2. The molecule has 0 fully saturated rings. The number of rotatable bonds is 4. The molecule has 1 aromatic heterocycles. The first kappa shape index (κ1) is 15.6. The molecule has 102 valence electrons. The predicted molar refractivity (Wildman–Crippen MR) is 83.2 cm³/mol. The van der Waals surface area contributed by atoms with Gasteiger partial charge in [0.05, 0.1) is 7.11 Å². The molecule has 0 aliphatic heterocycles. The number of hydrogen-bond donors (Lipinski definition) is 0. The van der Waals surface area contributed by atoms with Crippen LogP contribution >= 0.6 is 0 Å². The fraction of sp³-hybridized carbons (Fsp3) is 0.467. The zero-order chi connectivity index (χ0) is 14.4. The molecule has 0 aliphatic rings. The van der Waals surface area contributed by atoms with Crippen LogP contribution in [0.15, 0.2) is 30.5 Å². The lowest BCUT2D eigenvalue weighted by Gasteiger charge is -2.20. The maximum atomic E-state index is 6.17. The third-order valence-corrected chi connectivity index (χ3v) is 2.84. The zero-order valence-corrected chi connectivity index (χ0v) is 12.6. The monoisotopic (exact) mass is 258 g/mol. The molecule has 3 nitrogen and oxygen atoms in total. The van der Waals surface area contributed by atoms with E-state index in [4.69, 9.17) is 12.6 Å². The largest absolute Gasteiger partial charge is 0.497 e. The Morgan fingerprint density at radius 2 is 1.95 bits per heavy atom. The highest BCUT2D eigenvalue weighted by Gasteiger charge is 2.09. The Kier molecular flexibility index (Phi) is 5.96. The van der Waals surface area contributed by atoms with Crippen LogP contribution in [0.1, 0.15) is 19.8 Å². The SMILES string of the molecule is CC.[B]C(CN(C)C)n1ccc2cc(OC)ccc21. The van der Waals surface area contributed by atoms with Crippen LogP contribution in [0.3, 0.4) is 0 Å². The minimum Gasteiger partial charge on any atom is -0.497 e. The summed E-state index contributed by atoms with van der Waals surface area (Å²) in [6, 6.07) is 8.09. The highest BCUT2D eigenvalue weighted by Crippen LogP contribution is 2.23. The second kappa shape index (κ2) is 7.24. The summed E-state index contributed by atoms with van der Waals surface area (Å²) in [5.74, 6) is 0.840. The number of benzene rings is 1. The van der Waals surface area contributed by atoms with Gasteiger partial charge < -0.3 is 14.2 Å². The zero-order valence-electron chi connectivity index (χ0n) is 12.6. The molecule has 0 spiro atoms. The molecule has 0 saturated carbocycles. The molecule has 19 heavy (non-hydrogen) atoms. The summed E-state index contributed by atoms with van der Waals surface area (Å²) >= 11 is 0. The van der Waals surface area contributed by atoms with Gasteiger partial charge in [-0.3, -0.25) is 0 Å². The van der Waals surface area contributed by atoms with Crippen LogP contribution in [0.25, 0.3) is 10.9 Å². The number of nitrogens with zero attached hydrogens (tertiary/aromatic N) is 2. The van der Waals surface area contributed by atoms with Crippen molar-refractivity contribution in [2.24, 2.45) is 0 Å². The quantitative estimate of drug-likeness (QED) is 0.784. The minimum atomic E-state index is -0.0316. The summed E-state index contributed by atoms with van der Waals surface area (Å²) in [7, 11) is 11.9. The Morgan fingerprint density at radius 3 is 2.53 bits per heavy atom. The second-order valence-corrected chi connectivity index (χ2v) is 4.48. The molecule has 0 amide bonds. The number of fused-ring (bicyclic) bond motifs is 1. The van der Waals surface area contributed by atoms with Crippen LogP contribution in [0.2, 0.25) is 0 Å². The molecular formula is C15H23BN2O. The van der Waals surface area contributed by atoms with E-state index in [0.29, 0.717) is 0 Å². The van der Waals surface area contributed by atoms with Gasteiger partial charge >= 0.3 is 0 Å². The summed E-state index contributed by atoms with van der Waals surface area (Å²) in [6.45, 7) is 4.82. The first-order valence-corrected chi connectivity index (χ1v) is 6.66. The van der Waals surface area contributed by atoms with Crippen molar-refractivity contribution in [1.82, 2.24) is 9.47 Å². The van der Waals surface area contributed by atoms with Crippen molar-refractivity contribution in [3.63, 3.8) is 0 Å². The van der Waals surface area contributed by atoms with E-state index in [1.807, 2.05) is 52.3 Å². The van der Waals surface area contributed by atoms with Crippen LogP contribution in [-0.2, 0) is 0 Å². The molecule has 0 bridgehead atoms. The molecule has 4 heteroatoms. The lowest BCUT2D eigenvalue weighted by atomic mass is 9.95. The third kappa shape index (κ3) is 3.77. The maximum absolute atomic E-state index is 6.17. The highest BCUT2D eigenvalue weighted by molar-refractivity contribution is 6.11. The average molecular weight is 258 g/mol. The molecule has 2 radical (unpaired) electrons. The van der Waals surface area contributed by atoms with Crippen molar-refractivity contribution in [3.8, 4) is 5.75 Å². The number of methoxy groups -OCH3 is 1. The fourth-order valence-corrected chi connectivity index (χ4v) is 2.02. The number of likely N-dealkylation sites (N-methyl/N-ethyl adjacent to an activating group) is 1. The van der Waals surface area contributed by atoms with E-state index < -0.39 is 0 Å². The molecule has 1 unspecified atom stereocenters. The van der Waals surface area contributed by atoms with Crippen molar-refractivity contribution < 1.29 is 4.74 Å². The molecule has 2 aromatic rings. The Morgan fingerprint density at radius 1 is 1.26 bits per heavy atom. The van der Waals surface area contributed by atoms with Gasteiger partial charge in [0, 0.05) is 29.6 Å². The van der Waals surface area contributed by atoms with E-state index >= 15 is 0 Å². The van der Waals surface area contributed by atoms with Gasteiger partial charge in [-0.1, -0.05) is 13.8 Å². The van der Waals surface area contributed by atoms with E-state index in [1.54, 1.807) is 7.11 Å². The van der Waals surface area contributed by atoms with Crippen LogP contribution in [0.4, 0.5) is 0 Å². The number of aromatic nitrogens is 1. The molecular weight excluding hydrogens is 235 g/mol. The minimum absolute atomic E-state index is 0.0316. The van der Waals surface area contributed by atoms with Gasteiger partial charge in [0.1, 0.15) is 13.6 Å². The van der Waals surface area contributed by atoms with Crippen molar-refractivity contribution in [1.29, 1.82) is 0 Å². The molecule has 1 aromatic carbocycles. The van der Waals surface area contributed by atoms with Crippen molar-refractivity contribution >= 4 is 18.7 Å². The van der Waals surface area contributed by atoms with E-state index in [1.165, 1.54) is 0 Å². The Hall–Kier alpha value is -1.42. The lowest BCUT2D eigenvalue weighted by Crippen LogP contribution is -2.24. The van der Waals surface area contributed by atoms with Crippen LogP contribution in [0, 0.1) is 0 Å². The third-order valence-electron chi connectivity index (χ3n) is 2.84. The van der Waals surface area contributed by atoms with E-state index in [-0.39, 0.29) is 5.94 Å². The van der Waals surface area contributed by atoms with Gasteiger partial charge in [-0.15, -0.1) is 0 Å². The smallest absolute Gasteiger partial charge is 0.119 e. The molecule has 0 saturated heterocycles. The molecule has 2 rings (SSSR count). The van der Waals surface area contributed by atoms with Crippen molar-refractivity contribution in [2.75, 3.05) is 27.7 Å². The highest BCUT2D eigenvalue weighted by atomic mass is 16.5. The molecule has 0 aliphatic carbocycles. The second-order valence-electron chi connectivity index (χ2n) is 4.48. The average Bonchev–Trinajstić information content (AvgIpc) is 2.83. The van der Waals surface area contributed by atoms with Crippen LogP contribution in [-0.4, -0.2) is 45.1 Å². The lowest BCUT2D eigenvalue weighted by molar-refractivity contribution is 0.377. The Labute approximate surface area is 117 Å². The summed E-state index contributed by atoms with van der Waals surface area (Å²) in [4.78, 5) is 2.08. The molecule has 0 N–H and O–H groups in total. The van der Waals surface area contributed by atoms with Gasteiger partial charge in [0.15, 0.2) is 0 Å². The van der Waals surface area contributed by atoms with Crippen molar-refractivity contribution in [3.05, 3.63) is 30.5 Å². The number of ether oxygens (including phenoxy) is 1. The van der Waals surface area contributed by atoms with Crippen LogP contribution < -0.4 is 4.74 Å². The summed E-state index contributed by atoms with van der Waals surface area (Å²) < 4.78 is 7.30. The molecule has 1 atom stereocenters. The normalized spacial score (nSPS) is 12.1. The Bertz CT molecular complexity index is 508. The molecule has 1 heterocycles. The summed E-state index contributed by atoms with van der Waals surface area (Å²) in [5.41, 5.74) is 1.14. The van der Waals surface area contributed by atoms with Crippen LogP contribution in [0.5, 0.6) is 5.75 Å². The Balaban J connectivity index is 0.000000861. The topological polar surface area (TPSA) is 17.4 Å². The van der Waals surface area contributed by atoms with Crippen molar-refractivity contribution in [2.45, 2.75) is 19.8 Å². The van der Waals surface area contributed by atoms with Gasteiger partial charge in [-0.2, -0.15) is 0 Å². The van der Waals surface area contributed by atoms with E-state index in [0.717, 1.165) is 23.2 Å². The fourth-order valence-electron chi connectivity index (χ4n) is 2.02. The first-order chi connectivity index (χ1) is 9.11. The predicted octanol–water partition coefficient (Wildman–Crippen LogP) is 2.90.